The van der Waals surface area contributed by atoms with E-state index >= 15 is 0 Å². The number of hydrogen-bond donors (Lipinski definition) is 1. The molecule has 4 rings (SSSR count). The van der Waals surface area contributed by atoms with Gasteiger partial charge in [-0.1, -0.05) is 24.1 Å². The molecule has 1 aliphatic heterocycles. The van der Waals surface area contributed by atoms with Gasteiger partial charge >= 0.3 is 0 Å². The Labute approximate surface area is 199 Å². The van der Waals surface area contributed by atoms with Gasteiger partial charge in [0.05, 0.1) is 24.7 Å². The third-order valence-corrected chi connectivity index (χ3v) is 5.50. The van der Waals surface area contributed by atoms with Crippen LogP contribution in [0.5, 0.6) is 0 Å². The first-order chi connectivity index (χ1) is 15.5. The number of aromatic nitrogens is 4. The molecular formula is C23H27ClN8O. The third kappa shape index (κ3) is 4.65. The quantitative estimate of drug-likeness (QED) is 0.568. The Kier molecular flexibility index (Phi) is 7.59. The van der Waals surface area contributed by atoms with Crippen molar-refractivity contribution in [2.24, 2.45) is 0 Å². The van der Waals surface area contributed by atoms with Crippen LogP contribution in [0.2, 0.25) is 0 Å². The summed E-state index contributed by atoms with van der Waals surface area (Å²) in [4.78, 5) is 27.3. The largest absolute Gasteiger partial charge is 0.348 e. The maximum absolute atomic E-state index is 13.8. The highest BCUT2D eigenvalue weighted by Gasteiger charge is 2.24. The van der Waals surface area contributed by atoms with Crippen LogP contribution in [0.4, 0.5) is 11.9 Å². The number of hydrogen-bond acceptors (Lipinski definition) is 7. The molecule has 1 aromatic carbocycles. The molecule has 1 saturated heterocycles. The Morgan fingerprint density at radius 2 is 1.88 bits per heavy atom. The van der Waals surface area contributed by atoms with E-state index < -0.39 is 0 Å². The molecule has 0 unspecified atom stereocenters. The van der Waals surface area contributed by atoms with Gasteiger partial charge in [-0.05, 0) is 18.6 Å². The summed E-state index contributed by atoms with van der Waals surface area (Å²) in [5, 5.41) is 12.8. The summed E-state index contributed by atoms with van der Waals surface area (Å²) in [5.41, 5.74) is 1.95. The van der Waals surface area contributed by atoms with Gasteiger partial charge < -0.3 is 15.1 Å². The normalized spacial score (nSPS) is 13.1. The second kappa shape index (κ2) is 10.4. The number of imidazole rings is 1. The fourth-order valence-electron chi connectivity index (χ4n) is 3.93. The summed E-state index contributed by atoms with van der Waals surface area (Å²) < 4.78 is 3.48. The molecule has 10 heteroatoms. The molecule has 1 fully saturated rings. The number of nitrogens with one attached hydrogen (secondary N) is 1. The van der Waals surface area contributed by atoms with Crippen LogP contribution >= 0.6 is 12.4 Å². The predicted molar refractivity (Wildman–Crippen MR) is 132 cm³/mol. The highest BCUT2D eigenvalue weighted by atomic mass is 35.5. The number of nitrogens with zero attached hydrogens (tertiary/aromatic N) is 7. The molecule has 0 saturated carbocycles. The van der Waals surface area contributed by atoms with Crippen LogP contribution in [0.15, 0.2) is 29.1 Å². The lowest BCUT2D eigenvalue weighted by Crippen LogP contribution is -2.44. The second-order valence-corrected chi connectivity index (χ2v) is 7.80. The van der Waals surface area contributed by atoms with Gasteiger partial charge in [0.15, 0.2) is 11.2 Å². The minimum atomic E-state index is -0.196. The van der Waals surface area contributed by atoms with Crippen LogP contribution < -0.4 is 20.7 Å². The SMILES string of the molecule is CC#CCn1c(N2CCNCC2)nc2nc(N(C)C)n(Cc3ccccc3C#N)c(=O)c21.Cl. The van der Waals surface area contributed by atoms with Gasteiger partial charge in [-0.15, -0.1) is 18.3 Å². The summed E-state index contributed by atoms with van der Waals surface area (Å²) in [5.74, 6) is 7.20. The van der Waals surface area contributed by atoms with Gasteiger partial charge in [-0.2, -0.15) is 15.2 Å². The predicted octanol–water partition coefficient (Wildman–Crippen LogP) is 1.43. The number of fused-ring (bicyclic) bond motifs is 1. The lowest BCUT2D eigenvalue weighted by molar-refractivity contribution is 0.572. The Hall–Kier alpha value is -3.53. The minimum absolute atomic E-state index is 0. The molecule has 33 heavy (non-hydrogen) atoms. The number of piperazine rings is 1. The Bertz CT molecular complexity index is 1300. The van der Waals surface area contributed by atoms with E-state index in [2.05, 4.69) is 28.1 Å². The minimum Gasteiger partial charge on any atom is -0.348 e. The van der Waals surface area contributed by atoms with Crippen LogP contribution in [0.3, 0.4) is 0 Å². The monoisotopic (exact) mass is 466 g/mol. The number of rotatable bonds is 5. The Morgan fingerprint density at radius 3 is 2.55 bits per heavy atom. The van der Waals surface area contributed by atoms with E-state index in [0.29, 0.717) is 35.2 Å². The lowest BCUT2D eigenvalue weighted by atomic mass is 10.1. The van der Waals surface area contributed by atoms with Crippen LogP contribution in [-0.2, 0) is 13.1 Å². The standard InChI is InChI=1S/C23H26N8O.ClH/c1-4-5-12-30-19-20(27-23(30)29-13-10-25-11-14-29)26-22(28(2)3)31(21(19)32)16-18-9-7-6-8-17(18)15-24;/h6-9,25H,10-14,16H2,1-3H3;1H. The first kappa shape index (κ1) is 24.1. The first-order valence-electron chi connectivity index (χ1n) is 10.6. The zero-order valence-electron chi connectivity index (χ0n) is 19.0. The maximum Gasteiger partial charge on any atom is 0.281 e. The topological polar surface area (TPSA) is 95.0 Å². The molecule has 0 amide bonds. The maximum atomic E-state index is 13.8. The first-order valence-corrected chi connectivity index (χ1v) is 10.6. The molecule has 0 aliphatic carbocycles. The summed E-state index contributed by atoms with van der Waals surface area (Å²) in [6, 6.07) is 9.51. The molecule has 0 radical (unpaired) electrons. The summed E-state index contributed by atoms with van der Waals surface area (Å²) in [6.45, 7) is 5.69. The molecule has 1 N–H and O–H groups in total. The lowest BCUT2D eigenvalue weighted by Gasteiger charge is -2.28. The molecule has 3 aromatic rings. The van der Waals surface area contributed by atoms with E-state index in [-0.39, 0.29) is 24.5 Å². The Balaban J connectivity index is 0.00000306. The van der Waals surface area contributed by atoms with Crippen LogP contribution in [0.25, 0.3) is 11.2 Å². The third-order valence-electron chi connectivity index (χ3n) is 5.50. The molecule has 172 valence electrons. The molecule has 0 bridgehead atoms. The van der Waals surface area contributed by atoms with E-state index in [1.807, 2.05) is 36.9 Å². The van der Waals surface area contributed by atoms with Crippen molar-refractivity contribution in [3.63, 3.8) is 0 Å². The van der Waals surface area contributed by atoms with E-state index in [1.54, 1.807) is 22.5 Å². The van der Waals surface area contributed by atoms with Crippen molar-refractivity contribution >= 4 is 35.5 Å². The van der Waals surface area contributed by atoms with Gasteiger partial charge in [0, 0.05) is 40.3 Å². The van der Waals surface area contributed by atoms with Crippen LogP contribution in [0.1, 0.15) is 18.1 Å². The van der Waals surface area contributed by atoms with E-state index in [9.17, 15) is 10.1 Å². The van der Waals surface area contributed by atoms with Gasteiger partial charge in [-0.25, -0.2) is 0 Å². The summed E-state index contributed by atoms with van der Waals surface area (Å²) in [7, 11) is 3.69. The molecule has 3 heterocycles. The smallest absolute Gasteiger partial charge is 0.281 e. The molecule has 0 spiro atoms. The zero-order valence-corrected chi connectivity index (χ0v) is 19.8. The van der Waals surface area contributed by atoms with Gasteiger partial charge in [0.2, 0.25) is 11.9 Å². The Morgan fingerprint density at radius 1 is 1.15 bits per heavy atom. The summed E-state index contributed by atoms with van der Waals surface area (Å²) in [6.07, 6.45) is 0. The molecule has 0 atom stereocenters. The number of halogens is 1. The highest BCUT2D eigenvalue weighted by molar-refractivity contribution is 5.85. The number of benzene rings is 1. The van der Waals surface area contributed by atoms with Gasteiger partial charge in [0.25, 0.3) is 5.56 Å². The fraction of sp³-hybridized carbons (Fsp3) is 0.391. The molecule has 2 aromatic heterocycles. The van der Waals surface area contributed by atoms with Crippen molar-refractivity contribution in [3.05, 3.63) is 45.7 Å². The van der Waals surface area contributed by atoms with E-state index in [4.69, 9.17) is 9.97 Å². The fourth-order valence-corrected chi connectivity index (χ4v) is 3.93. The highest BCUT2D eigenvalue weighted by Crippen LogP contribution is 2.22. The van der Waals surface area contributed by atoms with Crippen LogP contribution in [0, 0.1) is 23.2 Å². The van der Waals surface area contributed by atoms with Crippen LogP contribution in [-0.4, -0.2) is 59.4 Å². The van der Waals surface area contributed by atoms with Crippen molar-refractivity contribution in [2.45, 2.75) is 20.0 Å². The molecular weight excluding hydrogens is 440 g/mol. The average molecular weight is 467 g/mol. The van der Waals surface area contributed by atoms with Crippen molar-refractivity contribution < 1.29 is 0 Å². The van der Waals surface area contributed by atoms with Crippen molar-refractivity contribution in [1.29, 1.82) is 5.26 Å². The van der Waals surface area contributed by atoms with Crippen molar-refractivity contribution in [3.8, 4) is 17.9 Å². The van der Waals surface area contributed by atoms with Gasteiger partial charge in [-0.3, -0.25) is 13.9 Å². The molecule has 9 nitrogen and oxygen atoms in total. The number of anilines is 2. The number of nitriles is 1. The summed E-state index contributed by atoms with van der Waals surface area (Å²) >= 11 is 0. The van der Waals surface area contributed by atoms with Gasteiger partial charge in [0.1, 0.15) is 0 Å². The van der Waals surface area contributed by atoms with Crippen molar-refractivity contribution in [1.82, 2.24) is 24.4 Å². The molecule has 1 aliphatic rings. The average Bonchev–Trinajstić information content (AvgIpc) is 3.18. The second-order valence-electron chi connectivity index (χ2n) is 7.80. The van der Waals surface area contributed by atoms with Crippen molar-refractivity contribution in [2.75, 3.05) is 50.1 Å². The zero-order chi connectivity index (χ0) is 22.7. The van der Waals surface area contributed by atoms with E-state index in [0.717, 1.165) is 31.7 Å². The van der Waals surface area contributed by atoms with E-state index in [1.165, 1.54) is 0 Å².